The summed E-state index contributed by atoms with van der Waals surface area (Å²) in [7, 11) is 0. The van der Waals surface area contributed by atoms with Gasteiger partial charge >= 0.3 is 0 Å². The lowest BCUT2D eigenvalue weighted by Crippen LogP contribution is -2.36. The van der Waals surface area contributed by atoms with E-state index in [-0.39, 0.29) is 17.4 Å². The van der Waals surface area contributed by atoms with E-state index in [2.05, 4.69) is 71.1 Å². The molecule has 1 amide bonds. The van der Waals surface area contributed by atoms with Gasteiger partial charge < -0.3 is 5.32 Å². The third kappa shape index (κ3) is 5.36. The molecular formula is C18H29NO. The predicted octanol–water partition coefficient (Wildman–Crippen LogP) is 4.08. The van der Waals surface area contributed by atoms with E-state index in [1.807, 2.05) is 0 Å². The van der Waals surface area contributed by atoms with Gasteiger partial charge in [-0.15, -0.1) is 0 Å². The van der Waals surface area contributed by atoms with Crippen molar-refractivity contribution in [3.05, 3.63) is 35.4 Å². The fourth-order valence-electron chi connectivity index (χ4n) is 1.92. The number of hydrogen-bond acceptors (Lipinski definition) is 1. The summed E-state index contributed by atoms with van der Waals surface area (Å²) in [6.07, 6.45) is 1.37. The number of rotatable bonds is 5. The molecule has 0 saturated heterocycles. The van der Waals surface area contributed by atoms with Crippen LogP contribution in [0.1, 0.15) is 59.1 Å². The van der Waals surface area contributed by atoms with Crippen molar-refractivity contribution < 1.29 is 4.79 Å². The van der Waals surface area contributed by atoms with Crippen LogP contribution < -0.4 is 5.32 Å². The zero-order chi connectivity index (χ0) is 15.3. The molecule has 1 rings (SSSR count). The maximum atomic E-state index is 11.8. The van der Waals surface area contributed by atoms with Crippen LogP contribution in [0, 0.1) is 5.92 Å². The largest absolute Gasteiger partial charge is 0.353 e. The molecule has 0 radical (unpaired) electrons. The van der Waals surface area contributed by atoms with Gasteiger partial charge in [-0.2, -0.15) is 0 Å². The lowest BCUT2D eigenvalue weighted by molar-refractivity contribution is -0.121. The van der Waals surface area contributed by atoms with E-state index in [0.29, 0.717) is 12.3 Å². The molecule has 1 N–H and O–H groups in total. The summed E-state index contributed by atoms with van der Waals surface area (Å²) >= 11 is 0. The minimum absolute atomic E-state index is 0.145. The smallest absolute Gasteiger partial charge is 0.220 e. The molecule has 0 saturated carbocycles. The Bertz CT molecular complexity index is 426. The second-order valence-corrected chi connectivity index (χ2v) is 7.05. The van der Waals surface area contributed by atoms with Gasteiger partial charge in [0.25, 0.3) is 0 Å². The molecule has 20 heavy (non-hydrogen) atoms. The van der Waals surface area contributed by atoms with Crippen LogP contribution in [-0.4, -0.2) is 11.9 Å². The van der Waals surface area contributed by atoms with Crippen LogP contribution in [0.4, 0.5) is 0 Å². The van der Waals surface area contributed by atoms with Crippen LogP contribution in [0.5, 0.6) is 0 Å². The van der Waals surface area contributed by atoms with E-state index in [1.54, 1.807) is 0 Å². The molecule has 0 aromatic heterocycles. The molecule has 0 fully saturated rings. The first-order valence-corrected chi connectivity index (χ1v) is 7.59. The molecule has 1 atom stereocenters. The first-order chi connectivity index (χ1) is 9.20. The Morgan fingerprint density at radius 2 is 1.65 bits per heavy atom. The van der Waals surface area contributed by atoms with E-state index in [0.717, 1.165) is 6.42 Å². The fraction of sp³-hybridized carbons (Fsp3) is 0.611. The summed E-state index contributed by atoms with van der Waals surface area (Å²) in [5, 5.41) is 3.05. The minimum atomic E-state index is 0.145. The van der Waals surface area contributed by atoms with Crippen molar-refractivity contribution in [1.82, 2.24) is 5.32 Å². The summed E-state index contributed by atoms with van der Waals surface area (Å²) in [4.78, 5) is 11.8. The lowest BCUT2D eigenvalue weighted by Gasteiger charge is -2.19. The van der Waals surface area contributed by atoms with E-state index in [9.17, 15) is 4.79 Å². The molecule has 0 unspecified atom stereocenters. The molecule has 0 bridgehead atoms. The Morgan fingerprint density at radius 1 is 1.10 bits per heavy atom. The van der Waals surface area contributed by atoms with E-state index >= 15 is 0 Å². The van der Waals surface area contributed by atoms with Crippen molar-refractivity contribution in [2.24, 2.45) is 5.92 Å². The van der Waals surface area contributed by atoms with E-state index in [4.69, 9.17) is 0 Å². The summed E-state index contributed by atoms with van der Waals surface area (Å²) < 4.78 is 0. The highest BCUT2D eigenvalue weighted by Crippen LogP contribution is 2.22. The molecule has 0 aliphatic carbocycles. The molecule has 0 aliphatic heterocycles. The van der Waals surface area contributed by atoms with Crippen LogP contribution in [0.3, 0.4) is 0 Å². The van der Waals surface area contributed by atoms with Gasteiger partial charge in [0.15, 0.2) is 0 Å². The van der Waals surface area contributed by atoms with Crippen LogP contribution in [-0.2, 0) is 16.6 Å². The number of benzene rings is 1. The standard InChI is InChI=1S/C18H29NO/c1-13(2)14(3)19-17(20)12-9-15-7-10-16(11-8-15)18(4,5)6/h7-8,10-11,13-14H,9,12H2,1-6H3,(H,19,20)/t14-/m1/s1. The van der Waals surface area contributed by atoms with Crippen LogP contribution in [0.2, 0.25) is 0 Å². The average molecular weight is 275 g/mol. The zero-order valence-corrected chi connectivity index (χ0v) is 13.8. The average Bonchev–Trinajstić information content (AvgIpc) is 2.35. The number of aryl methyl sites for hydroxylation is 1. The molecule has 2 nitrogen and oxygen atoms in total. The van der Waals surface area contributed by atoms with Crippen molar-refractivity contribution >= 4 is 5.91 Å². The molecular weight excluding hydrogens is 246 g/mol. The maximum absolute atomic E-state index is 11.8. The predicted molar refractivity (Wildman–Crippen MR) is 85.9 cm³/mol. The van der Waals surface area contributed by atoms with Gasteiger partial charge in [-0.3, -0.25) is 4.79 Å². The van der Waals surface area contributed by atoms with Crippen molar-refractivity contribution in [3.8, 4) is 0 Å². The van der Waals surface area contributed by atoms with Crippen molar-refractivity contribution in [3.63, 3.8) is 0 Å². The first kappa shape index (κ1) is 16.7. The Labute approximate surface area is 124 Å². The first-order valence-electron chi connectivity index (χ1n) is 7.59. The second-order valence-electron chi connectivity index (χ2n) is 7.05. The number of hydrogen-bond donors (Lipinski definition) is 1. The lowest BCUT2D eigenvalue weighted by atomic mass is 9.86. The second kappa shape index (κ2) is 6.92. The molecule has 0 spiro atoms. The highest BCUT2D eigenvalue weighted by Gasteiger charge is 2.13. The Morgan fingerprint density at radius 3 is 2.10 bits per heavy atom. The number of amides is 1. The van der Waals surface area contributed by atoms with Crippen molar-refractivity contribution in [1.29, 1.82) is 0 Å². The summed E-state index contributed by atoms with van der Waals surface area (Å²) in [5.74, 6) is 0.621. The van der Waals surface area contributed by atoms with Crippen LogP contribution in [0.25, 0.3) is 0 Å². The molecule has 112 valence electrons. The monoisotopic (exact) mass is 275 g/mol. The van der Waals surface area contributed by atoms with Gasteiger partial charge in [0.1, 0.15) is 0 Å². The van der Waals surface area contributed by atoms with Gasteiger partial charge in [-0.05, 0) is 35.8 Å². The van der Waals surface area contributed by atoms with Crippen molar-refractivity contribution in [2.45, 2.75) is 65.8 Å². The van der Waals surface area contributed by atoms with E-state index in [1.165, 1.54) is 11.1 Å². The minimum Gasteiger partial charge on any atom is -0.353 e. The van der Waals surface area contributed by atoms with Gasteiger partial charge in [-0.25, -0.2) is 0 Å². The molecule has 2 heteroatoms. The fourth-order valence-corrected chi connectivity index (χ4v) is 1.92. The topological polar surface area (TPSA) is 29.1 Å². The van der Waals surface area contributed by atoms with Gasteiger partial charge in [0.2, 0.25) is 5.91 Å². The zero-order valence-electron chi connectivity index (χ0n) is 13.8. The van der Waals surface area contributed by atoms with Gasteiger partial charge in [0.05, 0.1) is 0 Å². The number of nitrogens with one attached hydrogen (secondary N) is 1. The van der Waals surface area contributed by atoms with Crippen LogP contribution >= 0.6 is 0 Å². The van der Waals surface area contributed by atoms with Gasteiger partial charge in [-0.1, -0.05) is 58.9 Å². The third-order valence-electron chi connectivity index (χ3n) is 3.85. The number of carbonyl (C=O) groups is 1. The molecule has 0 heterocycles. The van der Waals surface area contributed by atoms with Crippen LogP contribution in [0.15, 0.2) is 24.3 Å². The molecule has 1 aromatic rings. The van der Waals surface area contributed by atoms with Crippen molar-refractivity contribution in [2.75, 3.05) is 0 Å². The normalized spacial score (nSPS) is 13.3. The quantitative estimate of drug-likeness (QED) is 0.862. The summed E-state index contributed by atoms with van der Waals surface area (Å²) in [6.45, 7) is 12.9. The Balaban J connectivity index is 2.48. The van der Waals surface area contributed by atoms with E-state index < -0.39 is 0 Å². The number of carbonyl (C=O) groups excluding carboxylic acids is 1. The molecule has 0 aliphatic rings. The highest BCUT2D eigenvalue weighted by atomic mass is 16.1. The third-order valence-corrected chi connectivity index (χ3v) is 3.85. The Kier molecular flexibility index (Phi) is 5.79. The maximum Gasteiger partial charge on any atom is 0.220 e. The van der Waals surface area contributed by atoms with Gasteiger partial charge in [0, 0.05) is 12.5 Å². The SMILES string of the molecule is CC(C)[C@@H](C)NC(=O)CCc1ccc(C(C)(C)C)cc1. The summed E-state index contributed by atoms with van der Waals surface area (Å²) in [5.41, 5.74) is 2.74. The highest BCUT2D eigenvalue weighted by molar-refractivity contribution is 5.76. The molecule has 1 aromatic carbocycles. The Hall–Kier alpha value is -1.31. The summed E-state index contributed by atoms with van der Waals surface area (Å²) in [6, 6.07) is 8.86.